The molecular formula is C20H24N4O3S. The molecule has 0 spiro atoms. The van der Waals surface area contributed by atoms with E-state index in [1.54, 1.807) is 19.2 Å². The van der Waals surface area contributed by atoms with E-state index in [0.717, 1.165) is 15.3 Å². The number of pyridine rings is 1. The predicted octanol–water partition coefficient (Wildman–Crippen LogP) is 3.66. The molecule has 0 aliphatic carbocycles. The van der Waals surface area contributed by atoms with Gasteiger partial charge in [0.15, 0.2) is 5.13 Å². The van der Waals surface area contributed by atoms with Gasteiger partial charge in [-0.05, 0) is 23.6 Å². The van der Waals surface area contributed by atoms with E-state index in [2.05, 4.69) is 41.4 Å². The van der Waals surface area contributed by atoms with E-state index in [1.807, 2.05) is 18.2 Å². The van der Waals surface area contributed by atoms with Crippen LogP contribution in [0.25, 0.3) is 10.2 Å². The van der Waals surface area contributed by atoms with E-state index in [1.165, 1.54) is 17.5 Å². The zero-order valence-electron chi connectivity index (χ0n) is 16.3. The fraction of sp³-hybridized carbons (Fsp3) is 0.350. The molecule has 1 aromatic carbocycles. The van der Waals surface area contributed by atoms with Crippen molar-refractivity contribution in [3.63, 3.8) is 0 Å². The summed E-state index contributed by atoms with van der Waals surface area (Å²) in [5, 5.41) is 16.3. The maximum Gasteiger partial charge on any atom is 0.269 e. The predicted molar refractivity (Wildman–Crippen MR) is 111 cm³/mol. The quantitative estimate of drug-likeness (QED) is 0.584. The van der Waals surface area contributed by atoms with Crippen molar-refractivity contribution < 1.29 is 14.6 Å². The van der Waals surface area contributed by atoms with Crippen LogP contribution in [0.5, 0.6) is 11.5 Å². The van der Waals surface area contributed by atoms with Crippen LogP contribution in [0.1, 0.15) is 31.3 Å². The maximum atomic E-state index is 11.7. The molecule has 2 heterocycles. The number of nitrogens with one attached hydrogen (secondary N) is 2. The topological polar surface area (TPSA) is 96.4 Å². The molecule has 0 unspecified atom stereocenters. The summed E-state index contributed by atoms with van der Waals surface area (Å²) in [4.78, 5) is 20.3. The van der Waals surface area contributed by atoms with Gasteiger partial charge in [0.1, 0.15) is 17.2 Å². The molecule has 8 heteroatoms. The van der Waals surface area contributed by atoms with Crippen LogP contribution < -0.4 is 15.4 Å². The second-order valence-corrected chi connectivity index (χ2v) is 8.48. The van der Waals surface area contributed by atoms with Crippen LogP contribution in [-0.4, -0.2) is 40.7 Å². The standard InChI is InChI=1S/C20H24N4O3S/c1-20(2,3)17(11-25)24-19-23-14-6-5-12(10-16(14)28-19)27-13-7-8-22-15(9-13)18(26)21-4/h5-10,17,25H,11H2,1-4H3,(H,21,26)(H,23,24)/t17-/m1/s1. The Morgan fingerprint density at radius 1 is 1.25 bits per heavy atom. The van der Waals surface area contributed by atoms with Crippen LogP contribution in [0.3, 0.4) is 0 Å². The van der Waals surface area contributed by atoms with Crippen molar-refractivity contribution in [1.82, 2.24) is 15.3 Å². The molecule has 148 valence electrons. The minimum absolute atomic E-state index is 0.0312. The number of aromatic nitrogens is 2. The number of nitrogens with zero attached hydrogens (tertiary/aromatic N) is 2. The molecule has 0 fully saturated rings. The van der Waals surface area contributed by atoms with E-state index in [-0.39, 0.29) is 24.0 Å². The highest BCUT2D eigenvalue weighted by Gasteiger charge is 2.24. The van der Waals surface area contributed by atoms with Crippen molar-refractivity contribution in [2.45, 2.75) is 26.8 Å². The molecule has 0 radical (unpaired) electrons. The zero-order chi connectivity index (χ0) is 20.3. The first-order chi connectivity index (χ1) is 13.3. The number of hydrogen-bond acceptors (Lipinski definition) is 7. The van der Waals surface area contributed by atoms with E-state index in [4.69, 9.17) is 4.74 Å². The number of carbonyl (C=O) groups is 1. The van der Waals surface area contributed by atoms with Crippen LogP contribution >= 0.6 is 11.3 Å². The van der Waals surface area contributed by atoms with Gasteiger partial charge in [-0.3, -0.25) is 9.78 Å². The summed E-state index contributed by atoms with van der Waals surface area (Å²) in [5.41, 5.74) is 1.05. The summed E-state index contributed by atoms with van der Waals surface area (Å²) >= 11 is 1.50. The number of amides is 1. The molecule has 0 aliphatic heterocycles. The number of hydrogen-bond donors (Lipinski definition) is 3. The smallest absolute Gasteiger partial charge is 0.269 e. The average Bonchev–Trinajstić information content (AvgIpc) is 3.06. The molecule has 0 aliphatic rings. The lowest BCUT2D eigenvalue weighted by Crippen LogP contribution is -2.37. The Kier molecular flexibility index (Phi) is 5.81. The summed E-state index contributed by atoms with van der Waals surface area (Å²) in [6.45, 7) is 6.25. The third-order valence-electron chi connectivity index (χ3n) is 4.31. The first-order valence-electron chi connectivity index (χ1n) is 8.94. The van der Waals surface area contributed by atoms with Gasteiger partial charge in [-0.2, -0.15) is 0 Å². The Balaban J connectivity index is 1.80. The van der Waals surface area contributed by atoms with E-state index in [9.17, 15) is 9.90 Å². The maximum absolute atomic E-state index is 11.7. The Labute approximate surface area is 167 Å². The van der Waals surface area contributed by atoms with Crippen molar-refractivity contribution in [1.29, 1.82) is 0 Å². The van der Waals surface area contributed by atoms with Crippen molar-refractivity contribution in [2.24, 2.45) is 5.41 Å². The summed E-state index contributed by atoms with van der Waals surface area (Å²) in [5.74, 6) is 0.909. The van der Waals surface area contributed by atoms with E-state index in [0.29, 0.717) is 17.2 Å². The number of thiazole rings is 1. The highest BCUT2D eigenvalue weighted by molar-refractivity contribution is 7.22. The summed E-state index contributed by atoms with van der Waals surface area (Å²) < 4.78 is 6.85. The summed E-state index contributed by atoms with van der Waals surface area (Å²) in [6.07, 6.45) is 1.54. The lowest BCUT2D eigenvalue weighted by Gasteiger charge is -2.29. The lowest BCUT2D eigenvalue weighted by atomic mass is 9.87. The fourth-order valence-electron chi connectivity index (χ4n) is 2.58. The van der Waals surface area contributed by atoms with Gasteiger partial charge in [0.25, 0.3) is 5.91 Å². The van der Waals surface area contributed by atoms with Gasteiger partial charge in [0, 0.05) is 25.4 Å². The Hall–Kier alpha value is -2.71. The molecule has 28 heavy (non-hydrogen) atoms. The molecule has 3 N–H and O–H groups in total. The minimum Gasteiger partial charge on any atom is -0.457 e. The summed E-state index contributed by atoms with van der Waals surface area (Å²) in [6, 6.07) is 8.83. The van der Waals surface area contributed by atoms with Crippen LogP contribution in [0, 0.1) is 5.41 Å². The van der Waals surface area contributed by atoms with Gasteiger partial charge >= 0.3 is 0 Å². The monoisotopic (exact) mass is 400 g/mol. The van der Waals surface area contributed by atoms with Gasteiger partial charge in [-0.25, -0.2) is 4.98 Å². The molecule has 0 bridgehead atoms. The van der Waals surface area contributed by atoms with Crippen molar-refractivity contribution in [2.75, 3.05) is 19.0 Å². The van der Waals surface area contributed by atoms with Crippen LogP contribution in [0.4, 0.5) is 5.13 Å². The Morgan fingerprint density at radius 2 is 2.00 bits per heavy atom. The number of benzene rings is 1. The van der Waals surface area contributed by atoms with Gasteiger partial charge in [-0.15, -0.1) is 0 Å². The normalized spacial score (nSPS) is 12.6. The largest absolute Gasteiger partial charge is 0.457 e. The molecule has 3 rings (SSSR count). The third kappa shape index (κ3) is 4.58. The number of ether oxygens (including phenoxy) is 1. The molecule has 3 aromatic rings. The molecule has 1 amide bonds. The van der Waals surface area contributed by atoms with Crippen LogP contribution in [0.2, 0.25) is 0 Å². The van der Waals surface area contributed by atoms with E-state index >= 15 is 0 Å². The fourth-order valence-corrected chi connectivity index (χ4v) is 3.53. The van der Waals surface area contributed by atoms with Crippen molar-refractivity contribution >= 4 is 32.6 Å². The first-order valence-corrected chi connectivity index (χ1v) is 9.76. The molecule has 0 saturated heterocycles. The highest BCUT2D eigenvalue weighted by atomic mass is 32.1. The molecule has 1 atom stereocenters. The van der Waals surface area contributed by atoms with Gasteiger partial charge < -0.3 is 20.5 Å². The number of aliphatic hydroxyl groups excluding tert-OH is 1. The van der Waals surface area contributed by atoms with Gasteiger partial charge in [0.05, 0.1) is 22.9 Å². The molecule has 0 saturated carbocycles. The number of rotatable bonds is 6. The minimum atomic E-state index is -0.267. The van der Waals surface area contributed by atoms with Gasteiger partial charge in [0.2, 0.25) is 0 Å². The number of carbonyl (C=O) groups excluding carboxylic acids is 1. The number of anilines is 1. The van der Waals surface area contributed by atoms with Gasteiger partial charge in [-0.1, -0.05) is 32.1 Å². The first kappa shape index (κ1) is 20.0. The van der Waals surface area contributed by atoms with E-state index < -0.39 is 0 Å². The van der Waals surface area contributed by atoms with Crippen molar-refractivity contribution in [3.8, 4) is 11.5 Å². The SMILES string of the molecule is CNC(=O)c1cc(Oc2ccc3nc(N[C@H](CO)C(C)(C)C)sc3c2)ccn1. The zero-order valence-corrected chi connectivity index (χ0v) is 17.1. The Bertz CT molecular complexity index is 981. The number of aliphatic hydroxyl groups is 1. The highest BCUT2D eigenvalue weighted by Crippen LogP contribution is 2.33. The Morgan fingerprint density at radius 3 is 2.68 bits per heavy atom. The molecule has 2 aromatic heterocycles. The molecular weight excluding hydrogens is 376 g/mol. The second kappa shape index (κ2) is 8.12. The van der Waals surface area contributed by atoms with Crippen molar-refractivity contribution in [3.05, 3.63) is 42.2 Å². The molecule has 7 nitrogen and oxygen atoms in total. The average molecular weight is 401 g/mol. The third-order valence-corrected chi connectivity index (χ3v) is 5.26. The summed E-state index contributed by atoms with van der Waals surface area (Å²) in [7, 11) is 1.56. The van der Waals surface area contributed by atoms with Crippen LogP contribution in [-0.2, 0) is 0 Å². The van der Waals surface area contributed by atoms with Crippen LogP contribution in [0.15, 0.2) is 36.5 Å². The second-order valence-electron chi connectivity index (χ2n) is 7.45. The lowest BCUT2D eigenvalue weighted by molar-refractivity contribution is 0.0958. The number of fused-ring (bicyclic) bond motifs is 1.